The molecule has 5 heteroatoms. The number of aliphatic hydroxyl groups is 2. The molecular weight excluding hydrogens is 189 g/mol. The number of aliphatic hydroxyl groups excluding tert-OH is 2. The van der Waals surface area contributed by atoms with Crippen LogP contribution in [0.5, 0.6) is 0 Å². The van der Waals surface area contributed by atoms with Gasteiger partial charge in [0.15, 0.2) is 0 Å². The van der Waals surface area contributed by atoms with Crippen LogP contribution in [0, 0.1) is 0 Å². The summed E-state index contributed by atoms with van der Waals surface area (Å²) in [5.41, 5.74) is 0. The Labute approximate surface area is 47.6 Å². The summed E-state index contributed by atoms with van der Waals surface area (Å²) >= 11 is -1.79. The zero-order valence-corrected chi connectivity index (χ0v) is 4.96. The Morgan fingerprint density at radius 2 is 1.29 bits per heavy atom. The number of hydrogen-bond acceptors (Lipinski definition) is 4. The van der Waals surface area contributed by atoms with E-state index < -0.39 is 17.0 Å². The van der Waals surface area contributed by atoms with Crippen molar-refractivity contribution < 1.29 is 34.4 Å². The van der Waals surface area contributed by atoms with E-state index in [1.165, 1.54) is 0 Å². The van der Waals surface area contributed by atoms with Gasteiger partial charge in [-0.3, -0.25) is 0 Å². The summed E-state index contributed by atoms with van der Waals surface area (Å²) in [6.07, 6.45) is 1.11. The van der Waals surface area contributed by atoms with E-state index in [4.69, 9.17) is 17.4 Å². The topological polar surface area (TPSA) is 74.6 Å². The molecule has 0 aliphatic heterocycles. The molecule has 0 bridgehead atoms. The van der Waals surface area contributed by atoms with Gasteiger partial charge in [-0.2, -0.15) is 0 Å². The Morgan fingerprint density at radius 1 is 1.14 bits per heavy atom. The van der Waals surface area contributed by atoms with E-state index in [9.17, 15) is 0 Å². The summed E-state index contributed by atoms with van der Waals surface area (Å²) in [4.78, 5) is 0. The third-order valence-electron chi connectivity index (χ3n) is 0.0667. The fraction of sp³-hybridized carbons (Fsp3) is 0. The van der Waals surface area contributed by atoms with E-state index in [0.717, 1.165) is 0 Å². The predicted octanol–water partition coefficient (Wildman–Crippen LogP) is 0.333. The monoisotopic (exact) mass is 194 g/mol. The molecule has 0 aromatic heterocycles. The molecule has 0 spiro atoms. The van der Waals surface area contributed by atoms with Crippen molar-refractivity contribution in [3.63, 3.8) is 0 Å². The van der Waals surface area contributed by atoms with Gasteiger partial charge < -0.3 is 10.2 Å². The SMILES string of the molecule is O/C=C\O.[O]=[Ru]=[O]. The quantitative estimate of drug-likeness (QED) is 0.429. The second-order valence-electron chi connectivity index (χ2n) is 0.357. The van der Waals surface area contributed by atoms with Crippen molar-refractivity contribution in [3.05, 3.63) is 12.5 Å². The predicted molar refractivity (Wildman–Crippen MR) is 15.8 cm³/mol. The minimum atomic E-state index is -1.79. The minimum absolute atomic E-state index is 0.556. The van der Waals surface area contributed by atoms with Gasteiger partial charge in [0.1, 0.15) is 12.5 Å². The first-order valence-electron chi connectivity index (χ1n) is 1.14. The zero-order chi connectivity index (χ0) is 6.12. The molecule has 0 unspecified atom stereocenters. The molecule has 0 aliphatic rings. The van der Waals surface area contributed by atoms with Gasteiger partial charge in [0, 0.05) is 0 Å². The summed E-state index contributed by atoms with van der Waals surface area (Å²) in [7, 11) is 0. The Bertz CT molecular complexity index is 67.8. The first-order chi connectivity index (χ1) is 3.33. The molecule has 2 N–H and O–H groups in total. The van der Waals surface area contributed by atoms with E-state index in [2.05, 4.69) is 0 Å². The summed E-state index contributed by atoms with van der Waals surface area (Å²) in [5, 5.41) is 14.9. The summed E-state index contributed by atoms with van der Waals surface area (Å²) in [6, 6.07) is 0. The maximum absolute atomic E-state index is 8.46. The summed E-state index contributed by atoms with van der Waals surface area (Å²) < 4.78 is 16.9. The third kappa shape index (κ3) is 223. The van der Waals surface area contributed by atoms with Crippen molar-refractivity contribution in [2.24, 2.45) is 0 Å². The Kier molecular flexibility index (Phi) is 24.6. The molecule has 0 aromatic carbocycles. The van der Waals surface area contributed by atoms with Crippen molar-refractivity contribution in [2.45, 2.75) is 0 Å². The maximum atomic E-state index is 8.46. The van der Waals surface area contributed by atoms with Crippen molar-refractivity contribution in [2.75, 3.05) is 0 Å². The van der Waals surface area contributed by atoms with E-state index in [1.54, 1.807) is 0 Å². The molecule has 0 fully saturated rings. The van der Waals surface area contributed by atoms with Crippen LogP contribution in [0.15, 0.2) is 12.5 Å². The van der Waals surface area contributed by atoms with Gasteiger partial charge in [-0.1, -0.05) is 0 Å². The van der Waals surface area contributed by atoms with Crippen molar-refractivity contribution in [1.82, 2.24) is 0 Å². The van der Waals surface area contributed by atoms with E-state index in [1.807, 2.05) is 0 Å². The zero-order valence-electron chi connectivity index (χ0n) is 3.22. The van der Waals surface area contributed by atoms with Crippen LogP contribution in [-0.4, -0.2) is 10.2 Å². The third-order valence-corrected chi connectivity index (χ3v) is 0.0667. The molecule has 0 aromatic rings. The fourth-order valence-corrected chi connectivity index (χ4v) is 0. The molecule has 0 radical (unpaired) electrons. The van der Waals surface area contributed by atoms with Gasteiger partial charge in [0.2, 0.25) is 0 Å². The summed E-state index contributed by atoms with van der Waals surface area (Å²) in [6.45, 7) is 0. The Morgan fingerprint density at radius 3 is 1.29 bits per heavy atom. The van der Waals surface area contributed by atoms with Gasteiger partial charge in [-0.15, -0.1) is 0 Å². The van der Waals surface area contributed by atoms with Gasteiger partial charge in [-0.25, -0.2) is 0 Å². The van der Waals surface area contributed by atoms with E-state index >= 15 is 0 Å². The molecular formula is C2H4O4Ru. The van der Waals surface area contributed by atoms with Gasteiger partial charge in [0.25, 0.3) is 0 Å². The molecule has 7 heavy (non-hydrogen) atoms. The Balaban J connectivity index is 0. The van der Waals surface area contributed by atoms with E-state index in [0.29, 0.717) is 12.5 Å². The molecule has 0 rings (SSSR count). The standard InChI is InChI=1S/C2H4O2.2O.Ru/c3-1-2-4;;;/h1-4H;;;/b2-1-;;;. The fourth-order valence-electron chi connectivity index (χ4n) is 0. The van der Waals surface area contributed by atoms with E-state index in [-0.39, 0.29) is 0 Å². The average Bonchev–Trinajstić information content (AvgIpc) is 1.69. The molecule has 0 aliphatic carbocycles. The second-order valence-corrected chi connectivity index (χ2v) is 0.647. The van der Waals surface area contributed by atoms with Gasteiger partial charge >= 0.3 is 24.2 Å². The van der Waals surface area contributed by atoms with Crippen LogP contribution in [-0.2, 0) is 24.2 Å². The van der Waals surface area contributed by atoms with Gasteiger partial charge in [-0.05, 0) is 0 Å². The van der Waals surface area contributed by atoms with Crippen molar-refractivity contribution in [1.29, 1.82) is 0 Å². The number of hydrogen-bond donors (Lipinski definition) is 2. The number of rotatable bonds is 0. The molecule has 0 heterocycles. The first-order valence-corrected chi connectivity index (χ1v) is 2.56. The molecule has 0 saturated carbocycles. The normalized spacial score (nSPS) is 7.43. The molecule has 44 valence electrons. The van der Waals surface area contributed by atoms with Crippen LogP contribution in [0.25, 0.3) is 0 Å². The second kappa shape index (κ2) is 17.6. The molecule has 0 atom stereocenters. The van der Waals surface area contributed by atoms with Crippen molar-refractivity contribution in [3.8, 4) is 0 Å². The molecule has 0 amide bonds. The Hall–Kier alpha value is -0.437. The first kappa shape index (κ1) is 9.76. The van der Waals surface area contributed by atoms with Crippen LogP contribution in [0.3, 0.4) is 0 Å². The van der Waals surface area contributed by atoms with Crippen LogP contribution in [0.2, 0.25) is 0 Å². The van der Waals surface area contributed by atoms with Crippen LogP contribution in [0.4, 0.5) is 0 Å². The van der Waals surface area contributed by atoms with Crippen LogP contribution in [0.1, 0.15) is 0 Å². The summed E-state index contributed by atoms with van der Waals surface area (Å²) in [5.74, 6) is 0. The molecule has 4 nitrogen and oxygen atoms in total. The van der Waals surface area contributed by atoms with Crippen molar-refractivity contribution >= 4 is 0 Å². The van der Waals surface area contributed by atoms with Crippen LogP contribution < -0.4 is 0 Å². The van der Waals surface area contributed by atoms with Crippen LogP contribution >= 0.6 is 0 Å². The average molecular weight is 193 g/mol. The van der Waals surface area contributed by atoms with Gasteiger partial charge in [0.05, 0.1) is 0 Å². The molecule has 0 saturated heterocycles.